The van der Waals surface area contributed by atoms with Crippen LogP contribution in [0.3, 0.4) is 0 Å². The number of carbonyl (C=O) groups is 2. The van der Waals surface area contributed by atoms with Gasteiger partial charge in [-0.25, -0.2) is 9.13 Å². The molecule has 282 valence electrons. The summed E-state index contributed by atoms with van der Waals surface area (Å²) in [4.78, 5) is 29.5. The van der Waals surface area contributed by atoms with E-state index in [1.807, 2.05) is 82.0 Å². The van der Waals surface area contributed by atoms with Gasteiger partial charge in [0.25, 0.3) is 5.82 Å². The van der Waals surface area contributed by atoms with E-state index in [2.05, 4.69) is 26.2 Å². The minimum absolute atomic E-state index is 0.0581. The fourth-order valence-corrected chi connectivity index (χ4v) is 7.36. The molecule has 2 saturated heterocycles. The maximum atomic E-state index is 12.9. The van der Waals surface area contributed by atoms with Crippen LogP contribution in [0.2, 0.25) is 10.0 Å². The van der Waals surface area contributed by atoms with Gasteiger partial charge in [0.1, 0.15) is 24.7 Å². The average molecular weight is 765 g/mol. The van der Waals surface area contributed by atoms with Crippen molar-refractivity contribution in [3.8, 4) is 22.9 Å². The van der Waals surface area contributed by atoms with E-state index in [9.17, 15) is 9.59 Å². The summed E-state index contributed by atoms with van der Waals surface area (Å²) >= 11 is 13.5. The molecule has 2 aliphatic rings. The number of ether oxygens (including phenoxy) is 4. The number of piperazine rings is 1. The summed E-state index contributed by atoms with van der Waals surface area (Å²) < 4.78 is 29.3. The number of nitrogens with zero attached hydrogens (tertiary/aromatic N) is 4. The molecule has 2 aliphatic heterocycles. The van der Waals surface area contributed by atoms with Gasteiger partial charge in [-0.3, -0.25) is 14.5 Å². The lowest BCUT2D eigenvalue weighted by molar-refractivity contribution is -0.689. The van der Waals surface area contributed by atoms with Gasteiger partial charge >= 0.3 is 5.97 Å². The van der Waals surface area contributed by atoms with Crippen LogP contribution < -0.4 is 18.9 Å². The van der Waals surface area contributed by atoms with Crippen LogP contribution in [0.4, 0.5) is 5.82 Å². The van der Waals surface area contributed by atoms with E-state index in [-0.39, 0.29) is 18.5 Å². The number of benzene rings is 3. The first-order valence-corrected chi connectivity index (χ1v) is 18.9. The fraction of sp³-hybridized carbons (Fsp3) is 0.439. The number of imidazole rings is 1. The van der Waals surface area contributed by atoms with Crippen molar-refractivity contribution in [1.29, 1.82) is 0 Å². The molecule has 0 saturated carbocycles. The van der Waals surface area contributed by atoms with E-state index in [1.54, 1.807) is 13.0 Å². The fourth-order valence-electron chi connectivity index (χ4n) is 6.86. The lowest BCUT2D eigenvalue weighted by Crippen LogP contribution is -2.54. The predicted molar refractivity (Wildman–Crippen MR) is 206 cm³/mol. The Morgan fingerprint density at radius 3 is 2.19 bits per heavy atom. The largest absolute Gasteiger partial charge is 0.486 e. The summed E-state index contributed by atoms with van der Waals surface area (Å²) in [5, 5.41) is 1.03. The number of anilines is 1. The standard InChI is InChI=1S/C41H49Cl2N4O6/c1-27-21-30(22-28(2)37(27)53-40(49)41(4,5)6)24-46-35(26-52-32-11-8-7-9-12-32)39(45-17-15-44(16-18-45)29(3)48)47(25-36-50-19-10-20-51-36)38(46)33-14-13-31(42)23-34(33)43/h7-9,11-14,21-23,36H,10,15-20,24-26H2,1-6H3/q+1. The molecule has 1 aromatic heterocycles. The summed E-state index contributed by atoms with van der Waals surface area (Å²) in [5.41, 5.74) is 3.77. The van der Waals surface area contributed by atoms with Crippen molar-refractivity contribution in [2.45, 2.75) is 73.9 Å². The third-order valence-electron chi connectivity index (χ3n) is 9.56. The number of carbonyl (C=O) groups excluding carboxylic acids is 2. The highest BCUT2D eigenvalue weighted by atomic mass is 35.5. The molecule has 10 nitrogen and oxygen atoms in total. The molecule has 4 aromatic rings. The molecular weight excluding hydrogens is 715 g/mol. The first-order valence-electron chi connectivity index (χ1n) is 18.1. The number of rotatable bonds is 10. The first kappa shape index (κ1) is 38.6. The Labute approximate surface area is 322 Å². The number of halogens is 2. The number of esters is 1. The van der Waals surface area contributed by atoms with Gasteiger partial charge in [-0.2, -0.15) is 0 Å². The van der Waals surface area contributed by atoms with Crippen LogP contribution in [-0.2, 0) is 38.8 Å². The molecule has 3 aromatic carbocycles. The predicted octanol–water partition coefficient (Wildman–Crippen LogP) is 7.38. The van der Waals surface area contributed by atoms with Crippen LogP contribution in [0, 0.1) is 19.3 Å². The highest BCUT2D eigenvalue weighted by Crippen LogP contribution is 2.36. The third kappa shape index (κ3) is 9.00. The Bertz CT molecular complexity index is 1920. The van der Waals surface area contributed by atoms with E-state index in [4.69, 9.17) is 42.1 Å². The zero-order valence-corrected chi connectivity index (χ0v) is 32.9. The topological polar surface area (TPSA) is 86.3 Å². The lowest BCUT2D eigenvalue weighted by Gasteiger charge is -2.32. The number of amides is 1. The number of aromatic nitrogens is 2. The Morgan fingerprint density at radius 2 is 1.58 bits per heavy atom. The van der Waals surface area contributed by atoms with Gasteiger partial charge in [0.05, 0.1) is 61.9 Å². The van der Waals surface area contributed by atoms with Crippen LogP contribution in [0.25, 0.3) is 11.4 Å². The Morgan fingerprint density at radius 1 is 0.925 bits per heavy atom. The minimum atomic E-state index is -0.644. The van der Waals surface area contributed by atoms with Crippen molar-refractivity contribution < 1.29 is 33.1 Å². The summed E-state index contributed by atoms with van der Waals surface area (Å²) in [7, 11) is 0. The average Bonchev–Trinajstić information content (AvgIpc) is 3.40. The van der Waals surface area contributed by atoms with Crippen molar-refractivity contribution in [3.05, 3.63) is 93.1 Å². The minimum Gasteiger partial charge on any atom is -0.486 e. The highest BCUT2D eigenvalue weighted by Gasteiger charge is 2.39. The second-order valence-electron chi connectivity index (χ2n) is 14.7. The second-order valence-corrected chi connectivity index (χ2v) is 15.6. The molecular formula is C41H49Cl2N4O6+. The quantitative estimate of drug-likeness (QED) is 0.0947. The van der Waals surface area contributed by atoms with Crippen LogP contribution in [0.1, 0.15) is 56.5 Å². The number of para-hydroxylation sites is 1. The SMILES string of the molecule is CC(=O)N1CCN(c2c(COc3ccccc3)n(Cc3cc(C)c(OC(=O)C(C)(C)C)c(C)c3)c(-c3ccc(Cl)cc3Cl)[n+]2CC2OCCCO2)CC1. The molecule has 0 radical (unpaired) electrons. The molecule has 0 unspecified atom stereocenters. The van der Waals surface area contributed by atoms with Gasteiger partial charge in [-0.1, -0.05) is 41.4 Å². The Hall–Kier alpha value is -4.09. The van der Waals surface area contributed by atoms with Gasteiger partial charge in [0, 0.05) is 11.9 Å². The molecule has 2 fully saturated rings. The highest BCUT2D eigenvalue weighted by molar-refractivity contribution is 6.36. The number of hydrogen-bond donors (Lipinski definition) is 0. The van der Waals surface area contributed by atoms with Crippen molar-refractivity contribution in [1.82, 2.24) is 9.47 Å². The first-order chi connectivity index (χ1) is 25.3. The van der Waals surface area contributed by atoms with Crippen molar-refractivity contribution in [3.63, 3.8) is 0 Å². The summed E-state index contributed by atoms with van der Waals surface area (Å²) in [5.74, 6) is 2.85. The van der Waals surface area contributed by atoms with E-state index < -0.39 is 11.7 Å². The van der Waals surface area contributed by atoms with Gasteiger partial charge in [0.15, 0.2) is 12.0 Å². The number of hydrogen-bond acceptors (Lipinski definition) is 7. The van der Waals surface area contributed by atoms with Crippen LogP contribution >= 0.6 is 23.2 Å². The van der Waals surface area contributed by atoms with Gasteiger partial charge < -0.3 is 23.8 Å². The monoisotopic (exact) mass is 763 g/mol. The molecule has 0 bridgehead atoms. The second kappa shape index (κ2) is 16.5. The Kier molecular flexibility index (Phi) is 12.0. The maximum Gasteiger partial charge on any atom is 0.316 e. The van der Waals surface area contributed by atoms with Crippen molar-refractivity contribution in [2.24, 2.45) is 5.41 Å². The zero-order chi connectivity index (χ0) is 37.9. The molecule has 3 heterocycles. The zero-order valence-electron chi connectivity index (χ0n) is 31.4. The van der Waals surface area contributed by atoms with Crippen molar-refractivity contribution >= 4 is 40.9 Å². The van der Waals surface area contributed by atoms with Crippen molar-refractivity contribution in [2.75, 3.05) is 44.3 Å². The molecule has 0 N–H and O–H groups in total. The summed E-state index contributed by atoms with van der Waals surface area (Å²) in [6.07, 6.45) is 0.337. The maximum absolute atomic E-state index is 12.9. The molecule has 12 heteroatoms. The lowest BCUT2D eigenvalue weighted by atomic mass is 9.97. The molecule has 53 heavy (non-hydrogen) atoms. The number of aryl methyl sites for hydroxylation is 2. The summed E-state index contributed by atoms with van der Waals surface area (Å²) in [6, 6.07) is 19.4. The smallest absolute Gasteiger partial charge is 0.316 e. The van der Waals surface area contributed by atoms with Gasteiger partial charge in [-0.15, -0.1) is 0 Å². The van der Waals surface area contributed by atoms with Gasteiger partial charge in [0.2, 0.25) is 11.7 Å². The van der Waals surface area contributed by atoms with Gasteiger partial charge in [-0.05, 0) is 100 Å². The van der Waals surface area contributed by atoms with Crippen LogP contribution in [0.15, 0.2) is 60.7 Å². The molecule has 0 atom stereocenters. The van der Waals surface area contributed by atoms with E-state index in [1.165, 1.54) is 0 Å². The van der Waals surface area contributed by atoms with E-state index >= 15 is 0 Å². The molecule has 0 spiro atoms. The molecule has 1 amide bonds. The molecule has 0 aliphatic carbocycles. The van der Waals surface area contributed by atoms with E-state index in [0.29, 0.717) is 68.3 Å². The van der Waals surface area contributed by atoms with E-state index in [0.717, 1.165) is 51.8 Å². The normalized spacial score (nSPS) is 15.5. The summed E-state index contributed by atoms with van der Waals surface area (Å²) in [6.45, 7) is 15.8. The Balaban J connectivity index is 1.55. The molecule has 6 rings (SSSR count). The third-order valence-corrected chi connectivity index (χ3v) is 10.1. The van der Waals surface area contributed by atoms with Crippen LogP contribution in [-0.4, -0.2) is 67.0 Å². The van der Waals surface area contributed by atoms with Crippen LogP contribution in [0.5, 0.6) is 11.5 Å².